The zero-order chi connectivity index (χ0) is 23.6. The number of carbonyl (C=O) groups excluding carboxylic acids is 2. The molecule has 1 aliphatic rings. The Hall–Kier alpha value is -2.41. The van der Waals surface area contributed by atoms with Crippen molar-refractivity contribution in [3.63, 3.8) is 0 Å². The van der Waals surface area contributed by atoms with Gasteiger partial charge in [0.2, 0.25) is 11.8 Å². The van der Waals surface area contributed by atoms with Gasteiger partial charge in [0.25, 0.3) is 10.0 Å². The maximum atomic E-state index is 13.1. The van der Waals surface area contributed by atoms with Crippen LogP contribution in [0.15, 0.2) is 46.0 Å². The summed E-state index contributed by atoms with van der Waals surface area (Å²) in [5.41, 5.74) is 0.565. The van der Waals surface area contributed by atoms with Crippen molar-refractivity contribution in [2.24, 2.45) is 0 Å². The third kappa shape index (κ3) is 4.98. The predicted octanol–water partition coefficient (Wildman–Crippen LogP) is 1.63. The zero-order valence-electron chi connectivity index (χ0n) is 17.4. The highest BCUT2D eigenvalue weighted by Crippen LogP contribution is 2.31. The first kappa shape index (κ1) is 24.2. The number of aromatic carboxylic acids is 1. The molecule has 0 radical (unpaired) electrons. The van der Waals surface area contributed by atoms with Crippen LogP contribution in [0.4, 0.5) is 5.69 Å². The molecule has 0 saturated carbocycles. The summed E-state index contributed by atoms with van der Waals surface area (Å²) in [6.45, 7) is -0.159. The molecule has 2 atom stereocenters. The van der Waals surface area contributed by atoms with E-state index in [1.54, 1.807) is 11.4 Å². The van der Waals surface area contributed by atoms with Gasteiger partial charge in [-0.15, -0.1) is 11.3 Å². The molecule has 2 aromatic rings. The third-order valence-corrected chi connectivity index (χ3v) is 8.82. The number of sulfonamides is 1. The van der Waals surface area contributed by atoms with Crippen molar-refractivity contribution >= 4 is 57.5 Å². The van der Waals surface area contributed by atoms with E-state index in [1.165, 1.54) is 54.2 Å². The van der Waals surface area contributed by atoms with Crippen LogP contribution in [0, 0.1) is 0 Å². The van der Waals surface area contributed by atoms with Crippen LogP contribution in [0.5, 0.6) is 0 Å². The number of benzene rings is 1. The maximum absolute atomic E-state index is 13.1. The first-order chi connectivity index (χ1) is 15.0. The Kier molecular flexibility index (Phi) is 7.28. The predicted molar refractivity (Wildman–Crippen MR) is 124 cm³/mol. The smallest absolute Gasteiger partial charge is 0.335 e. The van der Waals surface area contributed by atoms with Crippen molar-refractivity contribution in [1.82, 2.24) is 9.21 Å². The molecule has 12 heteroatoms. The van der Waals surface area contributed by atoms with Gasteiger partial charge in [-0.2, -0.15) is 16.9 Å². The van der Waals surface area contributed by atoms with Gasteiger partial charge in [0.15, 0.2) is 0 Å². The number of rotatable bonds is 7. The van der Waals surface area contributed by atoms with Crippen LogP contribution in [0.3, 0.4) is 0 Å². The SMILES string of the molecule is CN(CC(=O)N(C)c1ccc(C(=O)O)cc1)C(=O)C1CC(S)CN1S(=O)(=O)c1cccs1. The van der Waals surface area contributed by atoms with Gasteiger partial charge in [-0.05, 0) is 42.1 Å². The van der Waals surface area contributed by atoms with E-state index in [2.05, 4.69) is 12.6 Å². The first-order valence-corrected chi connectivity index (χ1v) is 12.4. The lowest BCUT2D eigenvalue weighted by molar-refractivity contribution is -0.136. The first-order valence-electron chi connectivity index (χ1n) is 9.60. The summed E-state index contributed by atoms with van der Waals surface area (Å²) >= 11 is 5.46. The second-order valence-electron chi connectivity index (χ2n) is 7.41. The Balaban J connectivity index is 1.71. The number of nitrogens with zero attached hydrogens (tertiary/aromatic N) is 3. The van der Waals surface area contributed by atoms with Crippen LogP contribution in [0.1, 0.15) is 16.8 Å². The maximum Gasteiger partial charge on any atom is 0.335 e. The van der Waals surface area contributed by atoms with E-state index in [0.717, 1.165) is 15.6 Å². The topological polar surface area (TPSA) is 115 Å². The molecule has 2 heterocycles. The van der Waals surface area contributed by atoms with Crippen molar-refractivity contribution in [3.05, 3.63) is 47.3 Å². The fourth-order valence-electron chi connectivity index (χ4n) is 3.41. The Morgan fingerprint density at radius 2 is 1.84 bits per heavy atom. The van der Waals surface area contributed by atoms with Gasteiger partial charge in [0, 0.05) is 31.6 Å². The number of carbonyl (C=O) groups is 3. The molecule has 2 unspecified atom stereocenters. The van der Waals surface area contributed by atoms with Crippen molar-refractivity contribution in [2.75, 3.05) is 32.1 Å². The molecule has 172 valence electrons. The Labute approximate surface area is 195 Å². The molecule has 0 spiro atoms. The molecule has 1 aliphatic heterocycles. The molecule has 2 amide bonds. The average Bonchev–Trinajstić information content (AvgIpc) is 3.43. The number of amides is 2. The number of hydrogen-bond acceptors (Lipinski definition) is 7. The molecule has 1 aromatic carbocycles. The molecule has 1 saturated heterocycles. The number of thiol groups is 1. The van der Waals surface area contributed by atoms with Crippen molar-refractivity contribution in [2.45, 2.75) is 21.9 Å². The van der Waals surface area contributed by atoms with Crippen molar-refractivity contribution < 1.29 is 27.9 Å². The van der Waals surface area contributed by atoms with Gasteiger partial charge in [0.05, 0.1) is 12.1 Å². The minimum Gasteiger partial charge on any atom is -0.478 e. The Morgan fingerprint density at radius 1 is 1.19 bits per heavy atom. The van der Waals surface area contributed by atoms with Crippen LogP contribution >= 0.6 is 24.0 Å². The second kappa shape index (κ2) is 9.61. The molecular weight excluding hydrogens is 474 g/mol. The van der Waals surface area contributed by atoms with Gasteiger partial charge >= 0.3 is 5.97 Å². The van der Waals surface area contributed by atoms with Gasteiger partial charge in [0.1, 0.15) is 10.3 Å². The monoisotopic (exact) mass is 497 g/mol. The average molecular weight is 498 g/mol. The lowest BCUT2D eigenvalue weighted by atomic mass is 10.2. The highest BCUT2D eigenvalue weighted by atomic mass is 32.2. The van der Waals surface area contributed by atoms with E-state index in [0.29, 0.717) is 5.69 Å². The van der Waals surface area contributed by atoms with E-state index in [4.69, 9.17) is 5.11 Å². The molecular formula is C20H23N3O6S3. The zero-order valence-corrected chi connectivity index (χ0v) is 19.9. The van der Waals surface area contributed by atoms with E-state index in [9.17, 15) is 22.8 Å². The number of carboxylic acids is 1. The summed E-state index contributed by atoms with van der Waals surface area (Å²) in [6, 6.07) is 7.95. The van der Waals surface area contributed by atoms with E-state index in [-0.39, 0.29) is 34.5 Å². The summed E-state index contributed by atoms with van der Waals surface area (Å²) in [7, 11) is -0.878. The largest absolute Gasteiger partial charge is 0.478 e. The number of thiophene rings is 1. The van der Waals surface area contributed by atoms with Crippen molar-refractivity contribution in [1.29, 1.82) is 0 Å². The summed E-state index contributed by atoms with van der Waals surface area (Å²) < 4.78 is 27.3. The third-order valence-electron chi connectivity index (χ3n) is 5.20. The lowest BCUT2D eigenvalue weighted by Gasteiger charge is -2.28. The molecule has 32 heavy (non-hydrogen) atoms. The normalized spacial score (nSPS) is 19.0. The highest BCUT2D eigenvalue weighted by Gasteiger charge is 2.44. The van der Waals surface area contributed by atoms with Crippen LogP contribution in [-0.2, 0) is 19.6 Å². The molecule has 0 bridgehead atoms. The lowest BCUT2D eigenvalue weighted by Crippen LogP contribution is -2.49. The Bertz CT molecular complexity index is 1100. The second-order valence-corrected chi connectivity index (χ2v) is 11.2. The van der Waals surface area contributed by atoms with Crippen LogP contribution in [0.2, 0.25) is 0 Å². The molecule has 9 nitrogen and oxygen atoms in total. The standard InChI is InChI=1S/C20H23N3O6S3/c1-21(12-17(24)22(2)14-7-5-13(6-8-14)20(26)27)19(25)16-10-15(30)11-23(16)32(28,29)18-4-3-9-31-18/h3-9,15-16,30H,10-12H2,1-2H3,(H,26,27). The summed E-state index contributed by atoms with van der Waals surface area (Å²) in [6.07, 6.45) is 0.248. The summed E-state index contributed by atoms with van der Waals surface area (Å²) in [5.74, 6) is -1.96. The van der Waals surface area contributed by atoms with Crippen LogP contribution in [-0.4, -0.2) is 79.0 Å². The molecule has 1 aromatic heterocycles. The summed E-state index contributed by atoms with van der Waals surface area (Å²) in [5, 5.41) is 10.3. The fourth-order valence-corrected chi connectivity index (χ4v) is 6.66. The Morgan fingerprint density at radius 3 is 2.41 bits per heavy atom. The summed E-state index contributed by atoms with van der Waals surface area (Å²) in [4.78, 5) is 39.3. The van der Waals surface area contributed by atoms with Crippen LogP contribution < -0.4 is 4.90 Å². The fraction of sp³-hybridized carbons (Fsp3) is 0.350. The molecule has 0 aliphatic carbocycles. The number of anilines is 1. The van der Waals surface area contributed by atoms with E-state index in [1.807, 2.05) is 0 Å². The minimum absolute atomic E-state index is 0.0940. The molecule has 1 fully saturated rings. The molecule has 1 N–H and O–H groups in total. The highest BCUT2D eigenvalue weighted by molar-refractivity contribution is 7.91. The van der Waals surface area contributed by atoms with E-state index >= 15 is 0 Å². The van der Waals surface area contributed by atoms with Gasteiger partial charge in [-0.3, -0.25) is 9.59 Å². The van der Waals surface area contributed by atoms with Crippen LogP contribution in [0.25, 0.3) is 0 Å². The van der Waals surface area contributed by atoms with E-state index < -0.39 is 33.8 Å². The quantitative estimate of drug-likeness (QED) is 0.562. The minimum atomic E-state index is -3.84. The molecule has 3 rings (SSSR count). The van der Waals surface area contributed by atoms with Gasteiger partial charge in [-0.1, -0.05) is 6.07 Å². The van der Waals surface area contributed by atoms with Gasteiger partial charge in [-0.25, -0.2) is 13.2 Å². The van der Waals surface area contributed by atoms with Gasteiger partial charge < -0.3 is 14.9 Å². The van der Waals surface area contributed by atoms with Crippen molar-refractivity contribution in [3.8, 4) is 0 Å². The number of hydrogen-bond donors (Lipinski definition) is 2. The number of carboxylic acid groups (broad SMARTS) is 1. The number of likely N-dealkylation sites (N-methyl/N-ethyl adjacent to an activating group) is 2.